The van der Waals surface area contributed by atoms with Gasteiger partial charge in [-0.1, -0.05) is 72.8 Å². The number of ether oxygens (including phenoxy) is 1. The van der Waals surface area contributed by atoms with Gasteiger partial charge in [0, 0.05) is 25.3 Å². The van der Waals surface area contributed by atoms with Crippen molar-refractivity contribution in [1.29, 1.82) is 0 Å². The van der Waals surface area contributed by atoms with E-state index in [1.165, 1.54) is 5.56 Å². The van der Waals surface area contributed by atoms with E-state index in [0.717, 1.165) is 56.1 Å². The van der Waals surface area contributed by atoms with E-state index in [4.69, 9.17) is 4.74 Å². The van der Waals surface area contributed by atoms with Gasteiger partial charge in [-0.3, -0.25) is 9.69 Å². The van der Waals surface area contributed by atoms with Gasteiger partial charge in [0.1, 0.15) is 0 Å². The molecule has 1 aliphatic rings. The van der Waals surface area contributed by atoms with Crippen LogP contribution in [0, 0.1) is 0 Å². The summed E-state index contributed by atoms with van der Waals surface area (Å²) in [5.74, 6) is -0.359. The fourth-order valence-corrected chi connectivity index (χ4v) is 3.87. The Morgan fingerprint density at radius 1 is 0.833 bits per heavy atom. The zero-order valence-corrected chi connectivity index (χ0v) is 17.2. The lowest BCUT2D eigenvalue weighted by molar-refractivity contribution is -0.116. The van der Waals surface area contributed by atoms with Crippen molar-refractivity contribution in [2.75, 3.05) is 38.2 Å². The Kier molecular flexibility index (Phi) is 6.91. The number of carbonyl (C=O) groups is 1. The van der Waals surface area contributed by atoms with Gasteiger partial charge in [0.2, 0.25) is 5.91 Å². The lowest BCUT2D eigenvalue weighted by atomic mass is 9.90. The summed E-state index contributed by atoms with van der Waals surface area (Å²) in [4.78, 5) is 15.6. The van der Waals surface area contributed by atoms with Crippen molar-refractivity contribution in [3.63, 3.8) is 0 Å². The lowest BCUT2D eigenvalue weighted by Crippen LogP contribution is -2.37. The average Bonchev–Trinajstić information content (AvgIpc) is 2.81. The third-order valence-electron chi connectivity index (χ3n) is 5.57. The minimum atomic E-state index is -0.339. The van der Waals surface area contributed by atoms with E-state index in [1.807, 2.05) is 72.8 Å². The van der Waals surface area contributed by atoms with Gasteiger partial charge in [-0.25, -0.2) is 0 Å². The summed E-state index contributed by atoms with van der Waals surface area (Å²) >= 11 is 0. The number of amides is 1. The van der Waals surface area contributed by atoms with Crippen molar-refractivity contribution < 1.29 is 9.53 Å². The van der Waals surface area contributed by atoms with Crippen molar-refractivity contribution in [3.8, 4) is 0 Å². The van der Waals surface area contributed by atoms with Crippen LogP contribution in [0.15, 0.2) is 84.9 Å². The first-order valence-electron chi connectivity index (χ1n) is 10.6. The highest BCUT2D eigenvalue weighted by Crippen LogP contribution is 2.26. The molecule has 1 saturated heterocycles. The van der Waals surface area contributed by atoms with Crippen molar-refractivity contribution in [2.24, 2.45) is 0 Å². The standard InChI is InChI=1S/C26H28N2O2/c29-26(25(22-7-3-1-4-8-22)23-9-5-2-6-10-23)27-24-13-11-21(12-14-24)15-16-28-17-19-30-20-18-28/h1-14,25H,15-20H2,(H,27,29). The Hall–Kier alpha value is -2.95. The minimum absolute atomic E-state index is 0.0199. The molecule has 1 heterocycles. The van der Waals surface area contributed by atoms with E-state index in [1.54, 1.807) is 0 Å². The van der Waals surface area contributed by atoms with E-state index < -0.39 is 0 Å². The van der Waals surface area contributed by atoms with E-state index in [-0.39, 0.29) is 11.8 Å². The maximum Gasteiger partial charge on any atom is 0.236 e. The maximum atomic E-state index is 13.2. The number of benzene rings is 3. The van der Waals surface area contributed by atoms with Crippen LogP contribution in [0.25, 0.3) is 0 Å². The third-order valence-corrected chi connectivity index (χ3v) is 5.57. The van der Waals surface area contributed by atoms with Gasteiger partial charge in [-0.2, -0.15) is 0 Å². The quantitative estimate of drug-likeness (QED) is 0.642. The Morgan fingerprint density at radius 2 is 1.40 bits per heavy atom. The van der Waals surface area contributed by atoms with Crippen LogP contribution in [0.2, 0.25) is 0 Å². The molecule has 1 N–H and O–H groups in total. The van der Waals surface area contributed by atoms with Gasteiger partial charge >= 0.3 is 0 Å². The summed E-state index contributed by atoms with van der Waals surface area (Å²) in [6, 6.07) is 28.1. The number of rotatable bonds is 7. The highest BCUT2D eigenvalue weighted by atomic mass is 16.5. The van der Waals surface area contributed by atoms with Gasteiger partial charge in [-0.15, -0.1) is 0 Å². The van der Waals surface area contributed by atoms with Crippen LogP contribution in [0.5, 0.6) is 0 Å². The molecule has 0 unspecified atom stereocenters. The van der Waals surface area contributed by atoms with Crippen molar-refractivity contribution >= 4 is 11.6 Å². The second-order valence-corrected chi connectivity index (χ2v) is 7.64. The van der Waals surface area contributed by atoms with Crippen molar-refractivity contribution in [3.05, 3.63) is 102 Å². The molecule has 30 heavy (non-hydrogen) atoms. The second-order valence-electron chi connectivity index (χ2n) is 7.64. The Balaban J connectivity index is 1.42. The Bertz CT molecular complexity index is 881. The molecule has 0 atom stereocenters. The molecule has 0 bridgehead atoms. The molecule has 3 aromatic carbocycles. The molecular formula is C26H28N2O2. The van der Waals surface area contributed by atoms with Crippen LogP contribution in [0.1, 0.15) is 22.6 Å². The summed E-state index contributed by atoms with van der Waals surface area (Å²) in [5, 5.41) is 3.11. The minimum Gasteiger partial charge on any atom is -0.379 e. The van der Waals surface area contributed by atoms with E-state index in [9.17, 15) is 4.79 Å². The first-order valence-corrected chi connectivity index (χ1v) is 10.6. The predicted octanol–water partition coefficient (Wildman–Crippen LogP) is 4.33. The van der Waals surface area contributed by atoms with Crippen LogP contribution < -0.4 is 5.32 Å². The number of hydrogen-bond donors (Lipinski definition) is 1. The molecule has 1 aliphatic heterocycles. The summed E-state index contributed by atoms with van der Waals surface area (Å²) < 4.78 is 5.41. The Labute approximate surface area is 178 Å². The average molecular weight is 401 g/mol. The molecule has 4 heteroatoms. The first-order chi connectivity index (χ1) is 14.8. The van der Waals surface area contributed by atoms with Crippen LogP contribution in [0.4, 0.5) is 5.69 Å². The topological polar surface area (TPSA) is 41.6 Å². The van der Waals surface area contributed by atoms with Crippen molar-refractivity contribution in [2.45, 2.75) is 12.3 Å². The summed E-state index contributed by atoms with van der Waals surface area (Å²) in [6.45, 7) is 4.71. The summed E-state index contributed by atoms with van der Waals surface area (Å²) in [6.07, 6.45) is 1.00. The van der Waals surface area contributed by atoms with Crippen LogP contribution >= 0.6 is 0 Å². The number of morpholine rings is 1. The molecule has 1 fully saturated rings. The highest BCUT2D eigenvalue weighted by molar-refractivity contribution is 5.98. The van der Waals surface area contributed by atoms with E-state index >= 15 is 0 Å². The normalized spacial score (nSPS) is 14.6. The van der Waals surface area contributed by atoms with Gasteiger partial charge in [0.25, 0.3) is 0 Å². The molecule has 0 radical (unpaired) electrons. The van der Waals surface area contributed by atoms with Crippen LogP contribution in [-0.4, -0.2) is 43.7 Å². The molecule has 0 aliphatic carbocycles. The number of nitrogens with one attached hydrogen (secondary N) is 1. The smallest absolute Gasteiger partial charge is 0.236 e. The molecule has 4 nitrogen and oxygen atoms in total. The number of anilines is 1. The first kappa shape index (κ1) is 20.3. The van der Waals surface area contributed by atoms with Gasteiger partial charge < -0.3 is 10.1 Å². The molecule has 0 spiro atoms. The number of nitrogens with zero attached hydrogens (tertiary/aromatic N) is 1. The zero-order chi connectivity index (χ0) is 20.6. The molecule has 1 amide bonds. The summed E-state index contributed by atoms with van der Waals surface area (Å²) in [7, 11) is 0. The van der Waals surface area contributed by atoms with Gasteiger partial charge in [-0.05, 0) is 35.2 Å². The molecule has 0 aromatic heterocycles. The number of hydrogen-bond acceptors (Lipinski definition) is 3. The largest absolute Gasteiger partial charge is 0.379 e. The SMILES string of the molecule is O=C(Nc1ccc(CCN2CCOCC2)cc1)C(c1ccccc1)c1ccccc1. The molecule has 0 saturated carbocycles. The Morgan fingerprint density at radius 3 is 1.97 bits per heavy atom. The third kappa shape index (κ3) is 5.35. The highest BCUT2D eigenvalue weighted by Gasteiger charge is 2.22. The van der Waals surface area contributed by atoms with Crippen LogP contribution in [0.3, 0.4) is 0 Å². The fraction of sp³-hybridized carbons (Fsp3) is 0.269. The summed E-state index contributed by atoms with van der Waals surface area (Å²) in [5.41, 5.74) is 4.08. The molecular weight excluding hydrogens is 372 g/mol. The zero-order valence-electron chi connectivity index (χ0n) is 17.2. The monoisotopic (exact) mass is 400 g/mol. The predicted molar refractivity (Wildman–Crippen MR) is 121 cm³/mol. The molecule has 4 rings (SSSR count). The number of carbonyl (C=O) groups excluding carboxylic acids is 1. The van der Waals surface area contributed by atoms with Crippen LogP contribution in [-0.2, 0) is 16.0 Å². The maximum absolute atomic E-state index is 13.2. The van der Waals surface area contributed by atoms with Gasteiger partial charge in [0.15, 0.2) is 0 Å². The molecule has 154 valence electrons. The molecule has 3 aromatic rings. The van der Waals surface area contributed by atoms with Gasteiger partial charge in [0.05, 0.1) is 19.1 Å². The van der Waals surface area contributed by atoms with E-state index in [2.05, 4.69) is 22.3 Å². The van der Waals surface area contributed by atoms with Crippen molar-refractivity contribution in [1.82, 2.24) is 4.90 Å². The lowest BCUT2D eigenvalue weighted by Gasteiger charge is -2.26. The fourth-order valence-electron chi connectivity index (χ4n) is 3.87. The van der Waals surface area contributed by atoms with E-state index in [0.29, 0.717) is 0 Å². The second kappa shape index (κ2) is 10.2.